The van der Waals surface area contributed by atoms with Gasteiger partial charge in [-0.3, -0.25) is 19.4 Å². The molecule has 148 valence electrons. The minimum absolute atomic E-state index is 0.162. The fraction of sp³-hybridized carbons (Fsp3) is 0.368. The van der Waals surface area contributed by atoms with Crippen molar-refractivity contribution in [2.75, 3.05) is 31.1 Å². The van der Waals surface area contributed by atoms with Crippen molar-refractivity contribution < 1.29 is 22.4 Å². The number of carbonyl (C=O) groups excluding carboxylic acids is 2. The second-order valence-corrected chi connectivity index (χ2v) is 8.81. The van der Waals surface area contributed by atoms with Gasteiger partial charge in [0.2, 0.25) is 21.8 Å². The first-order valence-electron chi connectivity index (χ1n) is 9.16. The van der Waals surface area contributed by atoms with Gasteiger partial charge in [0, 0.05) is 39.0 Å². The van der Waals surface area contributed by atoms with E-state index >= 15 is 0 Å². The maximum absolute atomic E-state index is 12.9. The first-order chi connectivity index (χ1) is 13.4. The van der Waals surface area contributed by atoms with Crippen LogP contribution in [0.1, 0.15) is 18.6 Å². The highest BCUT2D eigenvalue weighted by Crippen LogP contribution is 2.25. The van der Waals surface area contributed by atoms with E-state index in [1.807, 2.05) is 12.1 Å². The minimum Gasteiger partial charge on any atom is -0.468 e. The largest absolute Gasteiger partial charge is 0.468 e. The van der Waals surface area contributed by atoms with Crippen molar-refractivity contribution in [3.8, 4) is 0 Å². The fourth-order valence-corrected chi connectivity index (χ4v) is 4.95. The Bertz CT molecular complexity index is 946. The van der Waals surface area contributed by atoms with Crippen LogP contribution in [0.5, 0.6) is 0 Å². The summed E-state index contributed by atoms with van der Waals surface area (Å²) in [5.74, 6) is 0.347. The second kappa shape index (κ2) is 7.50. The van der Waals surface area contributed by atoms with E-state index in [4.69, 9.17) is 4.42 Å². The van der Waals surface area contributed by atoms with Crippen LogP contribution in [0.3, 0.4) is 0 Å². The highest BCUT2D eigenvalue weighted by molar-refractivity contribution is 7.89. The van der Waals surface area contributed by atoms with Gasteiger partial charge in [0.25, 0.3) is 0 Å². The van der Waals surface area contributed by atoms with Gasteiger partial charge in [-0.1, -0.05) is 0 Å². The quantitative estimate of drug-likeness (QED) is 0.702. The zero-order chi connectivity index (χ0) is 19.7. The van der Waals surface area contributed by atoms with Gasteiger partial charge in [0.1, 0.15) is 5.76 Å². The number of carbonyl (C=O) groups is 2. The van der Waals surface area contributed by atoms with Crippen molar-refractivity contribution >= 4 is 27.5 Å². The molecular formula is C19H21N3O5S. The number of sulfonamides is 1. The molecule has 1 aromatic carbocycles. The molecule has 2 fully saturated rings. The molecular weight excluding hydrogens is 382 g/mol. The number of hydrogen-bond acceptors (Lipinski definition) is 6. The zero-order valence-corrected chi connectivity index (χ0v) is 16.1. The molecule has 0 aliphatic carbocycles. The zero-order valence-electron chi connectivity index (χ0n) is 15.3. The van der Waals surface area contributed by atoms with E-state index in [9.17, 15) is 18.0 Å². The van der Waals surface area contributed by atoms with Crippen LogP contribution in [0.4, 0.5) is 5.69 Å². The summed E-state index contributed by atoms with van der Waals surface area (Å²) in [6, 6.07) is 9.68. The molecule has 0 bridgehead atoms. The van der Waals surface area contributed by atoms with Gasteiger partial charge >= 0.3 is 0 Å². The lowest BCUT2D eigenvalue weighted by molar-refractivity contribution is -0.121. The van der Waals surface area contributed by atoms with Crippen molar-refractivity contribution in [2.45, 2.75) is 24.3 Å². The molecule has 0 saturated carbocycles. The average Bonchev–Trinajstić information content (AvgIpc) is 3.32. The van der Waals surface area contributed by atoms with Gasteiger partial charge in [-0.25, -0.2) is 8.42 Å². The Morgan fingerprint density at radius 1 is 0.893 bits per heavy atom. The molecule has 3 heterocycles. The summed E-state index contributed by atoms with van der Waals surface area (Å²) in [7, 11) is -3.62. The smallest absolute Gasteiger partial charge is 0.243 e. The van der Waals surface area contributed by atoms with Gasteiger partial charge in [-0.15, -0.1) is 0 Å². The van der Waals surface area contributed by atoms with E-state index in [2.05, 4.69) is 4.90 Å². The predicted molar refractivity (Wildman–Crippen MR) is 101 cm³/mol. The third-order valence-corrected chi connectivity index (χ3v) is 6.99. The van der Waals surface area contributed by atoms with Crippen molar-refractivity contribution in [2.24, 2.45) is 0 Å². The molecule has 9 heteroatoms. The topological polar surface area (TPSA) is 91.1 Å². The summed E-state index contributed by atoms with van der Waals surface area (Å²) in [5.41, 5.74) is 0.412. The van der Waals surface area contributed by atoms with E-state index in [1.54, 1.807) is 6.26 Å². The van der Waals surface area contributed by atoms with Crippen molar-refractivity contribution in [1.29, 1.82) is 0 Å². The molecule has 2 saturated heterocycles. The van der Waals surface area contributed by atoms with E-state index < -0.39 is 10.0 Å². The molecule has 0 radical (unpaired) electrons. The van der Waals surface area contributed by atoms with Gasteiger partial charge in [-0.05, 0) is 36.4 Å². The Labute approximate surface area is 163 Å². The molecule has 0 N–H and O–H groups in total. The molecule has 28 heavy (non-hydrogen) atoms. The van der Waals surface area contributed by atoms with Crippen molar-refractivity contribution in [1.82, 2.24) is 9.21 Å². The number of piperazine rings is 1. The van der Waals surface area contributed by atoms with E-state index in [-0.39, 0.29) is 29.6 Å². The number of imide groups is 1. The minimum atomic E-state index is -3.62. The van der Waals surface area contributed by atoms with E-state index in [0.717, 1.165) is 10.7 Å². The number of anilines is 1. The van der Waals surface area contributed by atoms with Crippen LogP contribution in [-0.2, 0) is 26.2 Å². The maximum atomic E-state index is 12.9. The highest BCUT2D eigenvalue weighted by atomic mass is 32.2. The van der Waals surface area contributed by atoms with Crippen molar-refractivity contribution in [3.05, 3.63) is 48.4 Å². The number of benzene rings is 1. The predicted octanol–water partition coefficient (Wildman–Crippen LogP) is 1.44. The molecule has 0 atom stereocenters. The number of nitrogens with zero attached hydrogens (tertiary/aromatic N) is 3. The fourth-order valence-electron chi connectivity index (χ4n) is 3.53. The number of hydrogen-bond donors (Lipinski definition) is 0. The normalized spacial score (nSPS) is 19.5. The second-order valence-electron chi connectivity index (χ2n) is 6.88. The van der Waals surface area contributed by atoms with Gasteiger partial charge in [0.05, 0.1) is 23.4 Å². The summed E-state index contributed by atoms with van der Waals surface area (Å²) in [4.78, 5) is 27.1. The first kappa shape index (κ1) is 18.9. The first-order valence-corrected chi connectivity index (χ1v) is 10.6. The van der Waals surface area contributed by atoms with Crippen LogP contribution in [-0.4, -0.2) is 55.6 Å². The van der Waals surface area contributed by atoms with Crippen LogP contribution in [0.25, 0.3) is 0 Å². The lowest BCUT2D eigenvalue weighted by Crippen LogP contribution is -2.48. The summed E-state index contributed by atoms with van der Waals surface area (Å²) in [6.07, 6.45) is 2.02. The molecule has 0 spiro atoms. The molecule has 8 nitrogen and oxygen atoms in total. The molecule has 1 aromatic heterocycles. The lowest BCUT2D eigenvalue weighted by Gasteiger charge is -2.33. The summed E-state index contributed by atoms with van der Waals surface area (Å²) >= 11 is 0. The SMILES string of the molecule is O=C1CCC(=O)N1c1ccc(S(=O)(=O)N2CCN(Cc3ccco3)CC2)cc1. The Balaban J connectivity index is 1.42. The average molecular weight is 403 g/mol. The summed E-state index contributed by atoms with van der Waals surface area (Å²) < 4.78 is 32.6. The van der Waals surface area contributed by atoms with Crippen LogP contribution in [0.2, 0.25) is 0 Å². The standard InChI is InChI=1S/C19H21N3O5S/c23-18-7-8-19(24)22(18)15-3-5-17(6-4-15)28(25,26)21-11-9-20(10-12-21)14-16-2-1-13-27-16/h1-6,13H,7-12,14H2. The third kappa shape index (κ3) is 3.60. The monoisotopic (exact) mass is 403 g/mol. The number of rotatable bonds is 5. The van der Waals surface area contributed by atoms with Crippen LogP contribution >= 0.6 is 0 Å². The van der Waals surface area contributed by atoms with Gasteiger partial charge < -0.3 is 4.42 Å². The number of amides is 2. The Morgan fingerprint density at radius 3 is 2.11 bits per heavy atom. The van der Waals surface area contributed by atoms with Crippen LogP contribution in [0, 0.1) is 0 Å². The van der Waals surface area contributed by atoms with E-state index in [0.29, 0.717) is 38.4 Å². The maximum Gasteiger partial charge on any atom is 0.243 e. The highest BCUT2D eigenvalue weighted by Gasteiger charge is 2.32. The lowest BCUT2D eigenvalue weighted by atomic mass is 10.3. The molecule has 2 aliphatic rings. The van der Waals surface area contributed by atoms with E-state index in [1.165, 1.54) is 28.6 Å². The molecule has 2 amide bonds. The Morgan fingerprint density at radius 2 is 1.54 bits per heavy atom. The van der Waals surface area contributed by atoms with Gasteiger partial charge in [0.15, 0.2) is 0 Å². The molecule has 0 unspecified atom stereocenters. The summed E-state index contributed by atoms with van der Waals surface area (Å²) in [6.45, 7) is 2.69. The van der Waals surface area contributed by atoms with Crippen LogP contribution in [0.15, 0.2) is 52.0 Å². The van der Waals surface area contributed by atoms with Crippen LogP contribution < -0.4 is 4.90 Å². The Hall–Kier alpha value is -2.49. The molecule has 4 rings (SSSR count). The molecule has 2 aromatic rings. The third-order valence-electron chi connectivity index (χ3n) is 5.08. The number of furan rings is 1. The van der Waals surface area contributed by atoms with Gasteiger partial charge in [-0.2, -0.15) is 4.31 Å². The molecule has 2 aliphatic heterocycles. The summed E-state index contributed by atoms with van der Waals surface area (Å²) in [5, 5.41) is 0. The Kier molecular flexibility index (Phi) is 5.05. The van der Waals surface area contributed by atoms with Crippen molar-refractivity contribution in [3.63, 3.8) is 0 Å².